The normalized spacial score (nSPS) is 13.2. The highest BCUT2D eigenvalue weighted by Crippen LogP contribution is 2.38. The number of rotatable bonds is 5. The van der Waals surface area contributed by atoms with Crippen LogP contribution >= 0.6 is 22.9 Å². The molecule has 0 spiro atoms. The van der Waals surface area contributed by atoms with Crippen LogP contribution in [0.1, 0.15) is 45.6 Å². The number of carbonyl (C=O) groups excluding carboxylic acids is 2. The van der Waals surface area contributed by atoms with E-state index in [1.54, 1.807) is 0 Å². The van der Waals surface area contributed by atoms with E-state index in [0.29, 0.717) is 28.4 Å². The largest absolute Gasteiger partial charge is 0.465 e. The minimum atomic E-state index is -0.374. The van der Waals surface area contributed by atoms with Gasteiger partial charge in [0, 0.05) is 16.3 Å². The van der Waals surface area contributed by atoms with Gasteiger partial charge in [0.2, 0.25) is 5.91 Å². The molecule has 0 saturated heterocycles. The SMILES string of the molecule is COC(=O)c1c(NC(=O)CCc2ccccc2Cl)sc2c1CCCC2. The Labute approximate surface area is 156 Å². The summed E-state index contributed by atoms with van der Waals surface area (Å²) < 4.78 is 4.93. The molecule has 3 rings (SSSR count). The minimum absolute atomic E-state index is 0.122. The first kappa shape index (κ1) is 18.0. The Hall–Kier alpha value is -1.85. The number of halogens is 1. The van der Waals surface area contributed by atoms with Crippen LogP contribution in [0, 0.1) is 0 Å². The third-order valence-corrected chi connectivity index (χ3v) is 5.97. The molecule has 132 valence electrons. The molecule has 0 atom stereocenters. The van der Waals surface area contributed by atoms with Gasteiger partial charge in [0.1, 0.15) is 5.00 Å². The molecular formula is C19H20ClNO3S. The highest BCUT2D eigenvalue weighted by Gasteiger charge is 2.26. The van der Waals surface area contributed by atoms with E-state index in [1.807, 2.05) is 24.3 Å². The first-order chi connectivity index (χ1) is 12.1. The van der Waals surface area contributed by atoms with Gasteiger partial charge in [-0.05, 0) is 49.3 Å². The van der Waals surface area contributed by atoms with Gasteiger partial charge in [-0.15, -0.1) is 11.3 Å². The average molecular weight is 378 g/mol. The van der Waals surface area contributed by atoms with E-state index in [4.69, 9.17) is 16.3 Å². The number of hydrogen-bond acceptors (Lipinski definition) is 4. The summed E-state index contributed by atoms with van der Waals surface area (Å²) in [5.74, 6) is -0.496. The van der Waals surface area contributed by atoms with Gasteiger partial charge < -0.3 is 10.1 Å². The molecule has 1 heterocycles. The van der Waals surface area contributed by atoms with E-state index in [2.05, 4.69) is 5.32 Å². The second kappa shape index (κ2) is 8.02. The fourth-order valence-electron chi connectivity index (χ4n) is 3.11. The van der Waals surface area contributed by atoms with Crippen LogP contribution < -0.4 is 5.32 Å². The highest BCUT2D eigenvalue weighted by atomic mass is 35.5. The summed E-state index contributed by atoms with van der Waals surface area (Å²) in [6.07, 6.45) is 4.88. The second-order valence-corrected chi connectivity index (χ2v) is 7.56. The number of ether oxygens (including phenoxy) is 1. The predicted molar refractivity (Wildman–Crippen MR) is 101 cm³/mol. The first-order valence-electron chi connectivity index (χ1n) is 8.36. The van der Waals surface area contributed by atoms with Crippen LogP contribution in [0.25, 0.3) is 0 Å². The summed E-state index contributed by atoms with van der Waals surface area (Å²) in [6.45, 7) is 0. The number of thiophene rings is 1. The lowest BCUT2D eigenvalue weighted by molar-refractivity contribution is -0.116. The molecule has 0 saturated carbocycles. The van der Waals surface area contributed by atoms with Crippen LogP contribution in [0.3, 0.4) is 0 Å². The zero-order valence-electron chi connectivity index (χ0n) is 14.1. The quantitative estimate of drug-likeness (QED) is 0.772. The Balaban J connectivity index is 1.73. The Morgan fingerprint density at radius 3 is 2.76 bits per heavy atom. The maximum absolute atomic E-state index is 12.4. The molecule has 1 aromatic carbocycles. The zero-order chi connectivity index (χ0) is 17.8. The van der Waals surface area contributed by atoms with Gasteiger partial charge in [-0.25, -0.2) is 4.79 Å². The lowest BCUT2D eigenvalue weighted by Gasteiger charge is -2.11. The molecule has 1 aliphatic rings. The first-order valence-corrected chi connectivity index (χ1v) is 9.55. The summed E-state index contributed by atoms with van der Waals surface area (Å²) in [4.78, 5) is 25.7. The Bertz CT molecular complexity index is 800. The molecule has 0 unspecified atom stereocenters. The molecule has 0 bridgehead atoms. The Morgan fingerprint density at radius 1 is 1.24 bits per heavy atom. The lowest BCUT2D eigenvalue weighted by Crippen LogP contribution is -2.15. The molecule has 0 aliphatic heterocycles. The summed E-state index contributed by atoms with van der Waals surface area (Å²) in [5.41, 5.74) is 2.52. The molecule has 1 amide bonds. The van der Waals surface area contributed by atoms with Gasteiger partial charge in [-0.1, -0.05) is 29.8 Å². The maximum atomic E-state index is 12.4. The molecule has 4 nitrogen and oxygen atoms in total. The van der Waals surface area contributed by atoms with Gasteiger partial charge >= 0.3 is 5.97 Å². The number of aryl methyl sites for hydroxylation is 2. The zero-order valence-corrected chi connectivity index (χ0v) is 15.6. The van der Waals surface area contributed by atoms with Crippen molar-refractivity contribution >= 4 is 39.8 Å². The summed E-state index contributed by atoms with van der Waals surface area (Å²) in [5, 5.41) is 4.19. The number of carbonyl (C=O) groups is 2. The molecule has 0 fully saturated rings. The van der Waals surface area contributed by atoms with E-state index >= 15 is 0 Å². The van der Waals surface area contributed by atoms with Crippen LogP contribution in [-0.4, -0.2) is 19.0 Å². The van der Waals surface area contributed by atoms with E-state index < -0.39 is 0 Å². The van der Waals surface area contributed by atoms with Crippen molar-refractivity contribution in [2.24, 2.45) is 0 Å². The molecule has 1 N–H and O–H groups in total. The summed E-state index contributed by atoms with van der Waals surface area (Å²) >= 11 is 7.63. The van der Waals surface area contributed by atoms with E-state index in [9.17, 15) is 9.59 Å². The Kier molecular flexibility index (Phi) is 5.76. The smallest absolute Gasteiger partial charge is 0.341 e. The molecule has 1 aliphatic carbocycles. The molecule has 25 heavy (non-hydrogen) atoms. The molecular weight excluding hydrogens is 358 g/mol. The lowest BCUT2D eigenvalue weighted by atomic mass is 9.95. The van der Waals surface area contributed by atoms with Crippen molar-refractivity contribution in [2.45, 2.75) is 38.5 Å². The number of fused-ring (bicyclic) bond motifs is 1. The summed E-state index contributed by atoms with van der Waals surface area (Å²) in [7, 11) is 1.37. The van der Waals surface area contributed by atoms with Gasteiger partial charge in [0.25, 0.3) is 0 Å². The Morgan fingerprint density at radius 2 is 2.00 bits per heavy atom. The van der Waals surface area contributed by atoms with Gasteiger partial charge in [0.15, 0.2) is 0 Å². The molecule has 2 aromatic rings. The second-order valence-electron chi connectivity index (χ2n) is 6.05. The van der Waals surface area contributed by atoms with Crippen molar-refractivity contribution in [3.8, 4) is 0 Å². The molecule has 6 heteroatoms. The molecule has 0 radical (unpaired) electrons. The van der Waals surface area contributed by atoms with Crippen LogP contribution in [0.2, 0.25) is 5.02 Å². The number of amides is 1. The third-order valence-electron chi connectivity index (χ3n) is 4.39. The minimum Gasteiger partial charge on any atom is -0.465 e. The number of anilines is 1. The fourth-order valence-corrected chi connectivity index (χ4v) is 4.63. The number of esters is 1. The van der Waals surface area contributed by atoms with Crippen LogP contribution in [0.4, 0.5) is 5.00 Å². The van der Waals surface area contributed by atoms with Gasteiger partial charge in [0.05, 0.1) is 12.7 Å². The number of hydrogen-bond donors (Lipinski definition) is 1. The van der Waals surface area contributed by atoms with Crippen molar-refractivity contribution < 1.29 is 14.3 Å². The summed E-state index contributed by atoms with van der Waals surface area (Å²) in [6, 6.07) is 7.50. The van der Waals surface area contributed by atoms with Crippen molar-refractivity contribution in [1.82, 2.24) is 0 Å². The fraction of sp³-hybridized carbons (Fsp3) is 0.368. The topological polar surface area (TPSA) is 55.4 Å². The van der Waals surface area contributed by atoms with Crippen LogP contribution in [0.15, 0.2) is 24.3 Å². The molecule has 1 aromatic heterocycles. The average Bonchev–Trinajstić information content (AvgIpc) is 2.98. The van der Waals surface area contributed by atoms with Crippen LogP contribution in [-0.2, 0) is 28.8 Å². The van der Waals surface area contributed by atoms with Gasteiger partial charge in [-0.3, -0.25) is 4.79 Å². The van der Waals surface area contributed by atoms with Crippen molar-refractivity contribution in [3.05, 3.63) is 50.9 Å². The monoisotopic (exact) mass is 377 g/mol. The third kappa shape index (κ3) is 4.05. The van der Waals surface area contributed by atoms with E-state index in [1.165, 1.54) is 23.3 Å². The maximum Gasteiger partial charge on any atom is 0.341 e. The van der Waals surface area contributed by atoms with Crippen LogP contribution in [0.5, 0.6) is 0 Å². The standard InChI is InChI=1S/C19H20ClNO3S/c1-24-19(23)17-13-7-3-5-9-15(13)25-18(17)21-16(22)11-10-12-6-2-4-8-14(12)20/h2,4,6,8H,3,5,7,9-11H2,1H3,(H,21,22). The van der Waals surface area contributed by atoms with Crippen molar-refractivity contribution in [2.75, 3.05) is 12.4 Å². The van der Waals surface area contributed by atoms with E-state index in [0.717, 1.165) is 36.8 Å². The number of benzene rings is 1. The van der Waals surface area contributed by atoms with E-state index in [-0.39, 0.29) is 11.9 Å². The van der Waals surface area contributed by atoms with Gasteiger partial charge in [-0.2, -0.15) is 0 Å². The van der Waals surface area contributed by atoms with Crippen molar-refractivity contribution in [3.63, 3.8) is 0 Å². The number of nitrogens with one attached hydrogen (secondary N) is 1. The van der Waals surface area contributed by atoms with Crippen molar-refractivity contribution in [1.29, 1.82) is 0 Å². The predicted octanol–water partition coefficient (Wildman–Crippen LogP) is 4.64. The number of methoxy groups -OCH3 is 1. The highest BCUT2D eigenvalue weighted by molar-refractivity contribution is 7.17.